The molecular weight excluding hydrogens is 691 g/mol. The van der Waals surface area contributed by atoms with Gasteiger partial charge in [0.2, 0.25) is 0 Å². The van der Waals surface area contributed by atoms with Crippen molar-refractivity contribution >= 4 is 41.0 Å². The van der Waals surface area contributed by atoms with Gasteiger partial charge in [-0.15, -0.1) is 0 Å². The van der Waals surface area contributed by atoms with Crippen LogP contribution in [0.4, 0.5) is 19.3 Å². The predicted octanol–water partition coefficient (Wildman–Crippen LogP) is 8.06. The molecule has 0 spiro atoms. The summed E-state index contributed by atoms with van der Waals surface area (Å²) in [5.41, 5.74) is 1.06. The van der Waals surface area contributed by atoms with Crippen molar-refractivity contribution in [3.05, 3.63) is 117 Å². The number of carbonyl (C=O) groups excluding carboxylic acids is 2. The summed E-state index contributed by atoms with van der Waals surface area (Å²) in [6.45, 7) is 2.23. The van der Waals surface area contributed by atoms with Crippen molar-refractivity contribution in [2.45, 2.75) is 38.0 Å². The Bertz CT molecular complexity index is 1850. The molecule has 1 amide bonds. The number of amides is 1. The highest BCUT2D eigenvalue weighted by Gasteiger charge is 2.38. The number of pyridine rings is 1. The molecule has 50 heavy (non-hydrogen) atoms. The first kappa shape index (κ1) is 35.4. The molecule has 7 rings (SSSR count). The maximum Gasteiger partial charge on any atom is 0.415 e. The number of methoxy groups -OCH3 is 2. The number of rotatable bonds is 11. The predicted molar refractivity (Wildman–Crippen MR) is 184 cm³/mol. The van der Waals surface area contributed by atoms with Crippen molar-refractivity contribution in [3.63, 3.8) is 0 Å². The van der Waals surface area contributed by atoms with Gasteiger partial charge in [0.05, 0.1) is 42.1 Å². The van der Waals surface area contributed by atoms with E-state index < -0.39 is 29.8 Å². The minimum absolute atomic E-state index is 0.0354. The van der Waals surface area contributed by atoms with E-state index >= 15 is 8.78 Å². The van der Waals surface area contributed by atoms with Crippen LogP contribution in [0.3, 0.4) is 0 Å². The number of hydrogen-bond donors (Lipinski definition) is 0. The second kappa shape index (κ2) is 15.6. The minimum Gasteiger partial charge on any atom is -0.493 e. The molecule has 4 heterocycles. The number of halogens is 4. The fraction of sp³-hybridized carbons (Fsp3) is 0.324. The first-order chi connectivity index (χ1) is 24.1. The van der Waals surface area contributed by atoms with Gasteiger partial charge in [0, 0.05) is 25.4 Å². The van der Waals surface area contributed by atoms with Gasteiger partial charge in [-0.3, -0.25) is 14.8 Å². The van der Waals surface area contributed by atoms with Crippen LogP contribution in [0, 0.1) is 17.6 Å². The first-order valence-corrected chi connectivity index (χ1v) is 16.8. The summed E-state index contributed by atoms with van der Waals surface area (Å²) in [7, 11) is 2.98. The Labute approximate surface area is 298 Å². The molecule has 1 aromatic heterocycles. The summed E-state index contributed by atoms with van der Waals surface area (Å²) in [5.74, 6) is -1.19. The molecule has 2 bridgehead atoms. The summed E-state index contributed by atoms with van der Waals surface area (Å²) < 4.78 is 53.1. The van der Waals surface area contributed by atoms with Crippen molar-refractivity contribution in [1.29, 1.82) is 0 Å². The lowest BCUT2D eigenvalue weighted by Gasteiger charge is -2.44. The maximum absolute atomic E-state index is 15.2. The second-order valence-electron chi connectivity index (χ2n) is 12.2. The Morgan fingerprint density at radius 1 is 0.960 bits per heavy atom. The molecule has 3 aromatic carbocycles. The molecule has 4 aromatic rings. The molecule has 3 saturated heterocycles. The van der Waals surface area contributed by atoms with E-state index in [4.69, 9.17) is 42.1 Å². The molecule has 0 unspecified atom stereocenters. The van der Waals surface area contributed by atoms with Crippen molar-refractivity contribution in [3.8, 4) is 11.5 Å². The van der Waals surface area contributed by atoms with Gasteiger partial charge < -0.3 is 18.9 Å². The molecule has 13 heteroatoms. The average Bonchev–Trinajstić information content (AvgIpc) is 3.12. The molecule has 0 aliphatic carbocycles. The molecule has 0 N–H and O–H groups in total. The highest BCUT2D eigenvalue weighted by Crippen LogP contribution is 2.36. The molecular formula is C37H35Cl2F2N3O6. The zero-order valence-electron chi connectivity index (χ0n) is 27.4. The zero-order valence-corrected chi connectivity index (χ0v) is 28.9. The topological polar surface area (TPSA) is 90.4 Å². The Morgan fingerprint density at radius 3 is 2.34 bits per heavy atom. The first-order valence-electron chi connectivity index (χ1n) is 16.1. The lowest BCUT2D eigenvalue weighted by molar-refractivity contribution is -0.0311. The smallest absolute Gasteiger partial charge is 0.415 e. The Balaban J connectivity index is 1.28. The van der Waals surface area contributed by atoms with Crippen LogP contribution in [-0.4, -0.2) is 61.9 Å². The summed E-state index contributed by atoms with van der Waals surface area (Å²) in [5, 5.41) is 0.538. The van der Waals surface area contributed by atoms with Crippen molar-refractivity contribution in [1.82, 2.24) is 9.88 Å². The number of para-hydroxylation sites is 1. The highest BCUT2D eigenvalue weighted by atomic mass is 35.5. The normalized spacial score (nSPS) is 18.6. The van der Waals surface area contributed by atoms with Crippen molar-refractivity contribution in [2.75, 3.05) is 38.8 Å². The van der Waals surface area contributed by atoms with Crippen LogP contribution in [0.5, 0.6) is 11.5 Å². The van der Waals surface area contributed by atoms with Gasteiger partial charge in [0.1, 0.15) is 23.8 Å². The Hall–Kier alpha value is -4.45. The number of hydrogen-bond acceptors (Lipinski definition) is 8. The van der Waals surface area contributed by atoms with Crippen LogP contribution in [0.2, 0.25) is 10.0 Å². The van der Waals surface area contributed by atoms with E-state index in [1.165, 1.54) is 56.9 Å². The van der Waals surface area contributed by atoms with Crippen LogP contribution >= 0.6 is 23.2 Å². The molecule has 262 valence electrons. The van der Waals surface area contributed by atoms with E-state index in [2.05, 4.69) is 9.88 Å². The van der Waals surface area contributed by atoms with Crippen LogP contribution in [-0.2, 0) is 22.4 Å². The molecule has 3 aliphatic rings. The quantitative estimate of drug-likeness (QED) is 0.144. The van der Waals surface area contributed by atoms with Gasteiger partial charge in [-0.1, -0.05) is 41.4 Å². The number of benzene rings is 3. The van der Waals surface area contributed by atoms with E-state index in [-0.39, 0.29) is 51.8 Å². The minimum atomic E-state index is -0.960. The molecule has 0 saturated carbocycles. The lowest BCUT2D eigenvalue weighted by Crippen LogP contribution is -2.53. The van der Waals surface area contributed by atoms with Crippen LogP contribution in [0.25, 0.3) is 0 Å². The number of aromatic nitrogens is 1. The lowest BCUT2D eigenvalue weighted by atomic mass is 9.86. The summed E-state index contributed by atoms with van der Waals surface area (Å²) in [6, 6.07) is 14.4. The third-order valence-electron chi connectivity index (χ3n) is 9.12. The van der Waals surface area contributed by atoms with Gasteiger partial charge in [0.15, 0.2) is 11.5 Å². The number of fused-ring (bicyclic) bond motifs is 3. The number of piperidine rings is 3. The standard InChI is InChI=1S/C37H35Cl2F2N3O6/c1-47-32-8-7-24(16-34(32)48-2)33(17-27-28(38)18-42-19-29(27)39)49-36(45)25-13-22(14-26(40)15-25)20-44(31-6-4-3-5-30(31)41)37(46)50-35-21-43-11-9-23(35)10-12-43/h3-8,13-16,18-19,23,33,35H,9-12,17,20-21H2,1-2H3/t33-,35-/m0/s1. The van der Waals surface area contributed by atoms with Crippen LogP contribution in [0.15, 0.2) is 73.1 Å². The number of anilines is 1. The third kappa shape index (κ3) is 7.96. The number of nitrogens with zero attached hydrogens (tertiary/aromatic N) is 3. The molecule has 0 radical (unpaired) electrons. The van der Waals surface area contributed by atoms with E-state index in [0.29, 0.717) is 29.2 Å². The van der Waals surface area contributed by atoms with E-state index in [1.807, 2.05) is 0 Å². The maximum atomic E-state index is 15.2. The molecule has 2 atom stereocenters. The molecule has 3 aliphatic heterocycles. The van der Waals surface area contributed by atoms with Crippen molar-refractivity contribution in [2.24, 2.45) is 5.92 Å². The van der Waals surface area contributed by atoms with Crippen LogP contribution in [0.1, 0.15) is 46.0 Å². The van der Waals surface area contributed by atoms with Gasteiger partial charge in [-0.25, -0.2) is 18.4 Å². The summed E-state index contributed by atoms with van der Waals surface area (Å²) in [4.78, 5) is 34.8. The zero-order chi connectivity index (χ0) is 35.4. The van der Waals surface area contributed by atoms with Gasteiger partial charge in [-0.2, -0.15) is 0 Å². The van der Waals surface area contributed by atoms with Crippen LogP contribution < -0.4 is 14.4 Å². The van der Waals surface area contributed by atoms with E-state index in [0.717, 1.165) is 36.9 Å². The van der Waals surface area contributed by atoms with Gasteiger partial charge in [0.25, 0.3) is 0 Å². The summed E-state index contributed by atoms with van der Waals surface area (Å²) >= 11 is 12.8. The van der Waals surface area contributed by atoms with Gasteiger partial charge in [-0.05, 0) is 91.0 Å². The van der Waals surface area contributed by atoms with E-state index in [9.17, 15) is 9.59 Å². The Kier molecular flexibility index (Phi) is 11.1. The second-order valence-corrected chi connectivity index (χ2v) is 13.1. The van der Waals surface area contributed by atoms with Gasteiger partial charge >= 0.3 is 12.1 Å². The number of esters is 1. The number of carbonyl (C=O) groups is 2. The molecule has 9 nitrogen and oxygen atoms in total. The van der Waals surface area contributed by atoms with Crippen molar-refractivity contribution < 1.29 is 37.3 Å². The fourth-order valence-corrected chi connectivity index (χ4v) is 7.01. The largest absolute Gasteiger partial charge is 0.493 e. The fourth-order valence-electron chi connectivity index (χ4n) is 6.49. The van der Waals surface area contributed by atoms with E-state index in [1.54, 1.807) is 24.3 Å². The number of ether oxygens (including phenoxy) is 4. The average molecular weight is 727 g/mol. The highest BCUT2D eigenvalue weighted by molar-refractivity contribution is 6.35. The monoisotopic (exact) mass is 725 g/mol. The SMILES string of the molecule is COc1ccc([C@H](Cc2c(Cl)cncc2Cl)OC(=O)c2cc(F)cc(CN(C(=O)O[C@H]3CN4CCC3CC4)c3ccccc3F)c2)cc1OC. The summed E-state index contributed by atoms with van der Waals surface area (Å²) in [6.07, 6.45) is 2.67. The Morgan fingerprint density at radius 2 is 1.68 bits per heavy atom. The third-order valence-corrected chi connectivity index (χ3v) is 9.77. The molecule has 3 fully saturated rings.